The number of aromatic nitrogens is 3. The van der Waals surface area contributed by atoms with Gasteiger partial charge in [-0.2, -0.15) is 0 Å². The molecule has 6 nitrogen and oxygen atoms in total. The molecule has 4 heterocycles. The largest absolute Gasteiger partial charge is 0.382 e. The fourth-order valence-corrected chi connectivity index (χ4v) is 4.63. The van der Waals surface area contributed by atoms with Crippen molar-refractivity contribution in [3.05, 3.63) is 53.6 Å². The lowest BCUT2D eigenvalue weighted by Crippen LogP contribution is -2.29. The number of nitrogen functional groups attached to an aromatic ring is 1. The minimum absolute atomic E-state index is 0.110. The molecule has 3 aromatic rings. The van der Waals surface area contributed by atoms with E-state index in [4.69, 9.17) is 10.7 Å². The van der Waals surface area contributed by atoms with Crippen molar-refractivity contribution in [2.24, 2.45) is 0 Å². The van der Waals surface area contributed by atoms with Crippen molar-refractivity contribution in [2.45, 2.75) is 31.7 Å². The average Bonchev–Trinajstić information content (AvgIpc) is 3.21. The van der Waals surface area contributed by atoms with Crippen molar-refractivity contribution in [1.82, 2.24) is 19.9 Å². The smallest absolute Gasteiger partial charge is 0.146 e. The van der Waals surface area contributed by atoms with Gasteiger partial charge in [-0.25, -0.2) is 9.97 Å². The number of anilines is 2. The predicted molar refractivity (Wildman–Crippen MR) is 116 cm³/mol. The lowest BCUT2D eigenvalue weighted by atomic mass is 9.98. The Morgan fingerprint density at radius 2 is 1.93 bits per heavy atom. The molecule has 0 spiro atoms. The molecule has 1 atom stereocenters. The standard InChI is InChI=1S/C21H26N6S/c1-14(15-3-7-23-8-4-15)26-18-11-17(12-24-20(18)22)19-13-25-21(28-19)16-5-9-27(2)10-6-16/h3-4,7-8,11-14,16,26H,5-6,9-10H2,1-2H3,(H2,22,24). The Labute approximate surface area is 169 Å². The van der Waals surface area contributed by atoms with E-state index in [9.17, 15) is 0 Å². The van der Waals surface area contributed by atoms with Crippen LogP contribution in [-0.2, 0) is 0 Å². The molecule has 4 rings (SSSR count). The zero-order chi connectivity index (χ0) is 19.5. The number of likely N-dealkylation sites (tertiary alicyclic amines) is 1. The minimum Gasteiger partial charge on any atom is -0.382 e. The second-order valence-corrected chi connectivity index (χ2v) is 8.51. The molecule has 0 aromatic carbocycles. The van der Waals surface area contributed by atoms with E-state index in [0.29, 0.717) is 11.7 Å². The van der Waals surface area contributed by atoms with E-state index in [1.807, 2.05) is 24.5 Å². The Morgan fingerprint density at radius 3 is 2.68 bits per heavy atom. The number of piperidine rings is 1. The molecular weight excluding hydrogens is 368 g/mol. The molecule has 146 valence electrons. The van der Waals surface area contributed by atoms with Gasteiger partial charge in [-0.3, -0.25) is 4.98 Å². The van der Waals surface area contributed by atoms with Crippen LogP contribution in [0.3, 0.4) is 0 Å². The fraction of sp³-hybridized carbons (Fsp3) is 0.381. The molecule has 0 saturated carbocycles. The molecule has 7 heteroatoms. The molecule has 3 N–H and O–H groups in total. The van der Waals surface area contributed by atoms with E-state index in [0.717, 1.165) is 34.8 Å². The fourth-order valence-electron chi connectivity index (χ4n) is 3.56. The predicted octanol–water partition coefficient (Wildman–Crippen LogP) is 4.16. The third-order valence-electron chi connectivity index (χ3n) is 5.37. The number of nitrogens with one attached hydrogen (secondary N) is 1. The van der Waals surface area contributed by atoms with Crippen molar-refractivity contribution in [3.63, 3.8) is 0 Å². The van der Waals surface area contributed by atoms with Crippen LogP contribution in [0.5, 0.6) is 0 Å². The van der Waals surface area contributed by atoms with Gasteiger partial charge in [-0.1, -0.05) is 0 Å². The molecule has 1 unspecified atom stereocenters. The molecule has 0 radical (unpaired) electrons. The monoisotopic (exact) mass is 394 g/mol. The van der Waals surface area contributed by atoms with Gasteiger partial charge < -0.3 is 16.0 Å². The van der Waals surface area contributed by atoms with Gasteiger partial charge in [0.25, 0.3) is 0 Å². The van der Waals surface area contributed by atoms with E-state index in [1.54, 1.807) is 23.7 Å². The van der Waals surface area contributed by atoms with Gasteiger partial charge in [-0.05, 0) is 63.7 Å². The molecule has 0 amide bonds. The maximum Gasteiger partial charge on any atom is 0.146 e. The van der Waals surface area contributed by atoms with Crippen LogP contribution >= 0.6 is 11.3 Å². The van der Waals surface area contributed by atoms with Gasteiger partial charge in [0, 0.05) is 42.3 Å². The van der Waals surface area contributed by atoms with Gasteiger partial charge in [0.05, 0.1) is 15.6 Å². The number of nitrogens with zero attached hydrogens (tertiary/aromatic N) is 4. The first-order valence-electron chi connectivity index (χ1n) is 9.67. The first-order chi connectivity index (χ1) is 13.6. The summed E-state index contributed by atoms with van der Waals surface area (Å²) in [6.45, 7) is 4.39. The minimum atomic E-state index is 0.110. The van der Waals surface area contributed by atoms with E-state index in [1.165, 1.54) is 17.8 Å². The molecule has 0 aliphatic carbocycles. The summed E-state index contributed by atoms with van der Waals surface area (Å²) in [6.07, 6.45) is 9.77. The molecule has 1 saturated heterocycles. The van der Waals surface area contributed by atoms with Crippen LogP contribution in [0.2, 0.25) is 0 Å². The van der Waals surface area contributed by atoms with Crippen molar-refractivity contribution in [2.75, 3.05) is 31.2 Å². The Balaban J connectivity index is 1.52. The Morgan fingerprint density at radius 1 is 1.18 bits per heavy atom. The van der Waals surface area contributed by atoms with Gasteiger partial charge in [-0.15, -0.1) is 11.3 Å². The van der Waals surface area contributed by atoms with Gasteiger partial charge in [0.15, 0.2) is 0 Å². The number of rotatable bonds is 5. The van der Waals surface area contributed by atoms with Crippen LogP contribution < -0.4 is 11.1 Å². The Hall–Kier alpha value is -2.51. The quantitative estimate of drug-likeness (QED) is 0.676. The molecule has 3 aromatic heterocycles. The van der Waals surface area contributed by atoms with Crippen molar-refractivity contribution >= 4 is 22.8 Å². The molecule has 1 aliphatic heterocycles. The number of hydrogen-bond donors (Lipinski definition) is 2. The number of nitrogens with two attached hydrogens (primary N) is 1. The van der Waals surface area contributed by atoms with E-state index >= 15 is 0 Å². The van der Waals surface area contributed by atoms with Crippen LogP contribution in [0.4, 0.5) is 11.5 Å². The highest BCUT2D eigenvalue weighted by Gasteiger charge is 2.21. The summed E-state index contributed by atoms with van der Waals surface area (Å²) in [7, 11) is 2.19. The van der Waals surface area contributed by atoms with E-state index in [-0.39, 0.29) is 6.04 Å². The highest BCUT2D eigenvalue weighted by molar-refractivity contribution is 7.15. The van der Waals surface area contributed by atoms with Crippen molar-refractivity contribution < 1.29 is 0 Å². The highest BCUT2D eigenvalue weighted by Crippen LogP contribution is 2.36. The first kappa shape index (κ1) is 18.8. The number of pyridine rings is 2. The van der Waals surface area contributed by atoms with Crippen LogP contribution in [0, 0.1) is 0 Å². The van der Waals surface area contributed by atoms with Crippen LogP contribution in [0.25, 0.3) is 10.4 Å². The van der Waals surface area contributed by atoms with Crippen LogP contribution in [0.1, 0.15) is 42.3 Å². The topological polar surface area (TPSA) is 80.0 Å². The molecule has 28 heavy (non-hydrogen) atoms. The zero-order valence-electron chi connectivity index (χ0n) is 16.3. The summed E-state index contributed by atoms with van der Waals surface area (Å²) in [5.41, 5.74) is 9.18. The Kier molecular flexibility index (Phi) is 5.54. The summed E-state index contributed by atoms with van der Waals surface area (Å²) in [6, 6.07) is 6.19. The normalized spacial score (nSPS) is 16.8. The third kappa shape index (κ3) is 4.15. The van der Waals surface area contributed by atoms with Gasteiger partial charge >= 0.3 is 0 Å². The van der Waals surface area contributed by atoms with Gasteiger partial charge in [0.2, 0.25) is 0 Å². The van der Waals surface area contributed by atoms with E-state index < -0.39 is 0 Å². The third-order valence-corrected chi connectivity index (χ3v) is 6.58. The summed E-state index contributed by atoms with van der Waals surface area (Å²) < 4.78 is 0. The van der Waals surface area contributed by atoms with Crippen LogP contribution in [-0.4, -0.2) is 40.0 Å². The van der Waals surface area contributed by atoms with E-state index in [2.05, 4.69) is 40.2 Å². The van der Waals surface area contributed by atoms with Crippen molar-refractivity contribution in [3.8, 4) is 10.4 Å². The molecule has 1 fully saturated rings. The second-order valence-electron chi connectivity index (χ2n) is 7.44. The van der Waals surface area contributed by atoms with Crippen LogP contribution in [0.15, 0.2) is 43.0 Å². The second kappa shape index (κ2) is 8.24. The number of hydrogen-bond acceptors (Lipinski definition) is 7. The molecule has 1 aliphatic rings. The Bertz CT molecular complexity index is 918. The molecular formula is C21H26N6S. The average molecular weight is 395 g/mol. The summed E-state index contributed by atoms with van der Waals surface area (Å²) in [4.78, 5) is 16.7. The maximum atomic E-state index is 6.13. The zero-order valence-corrected chi connectivity index (χ0v) is 17.1. The summed E-state index contributed by atoms with van der Waals surface area (Å²) in [5.74, 6) is 1.07. The SMILES string of the molecule is CC(Nc1cc(-c2cnc(C3CCN(C)CC3)s2)cnc1N)c1ccncc1. The highest BCUT2D eigenvalue weighted by atomic mass is 32.1. The lowest BCUT2D eigenvalue weighted by molar-refractivity contribution is 0.255. The number of thiazole rings is 1. The van der Waals surface area contributed by atoms with Gasteiger partial charge in [0.1, 0.15) is 5.82 Å². The maximum absolute atomic E-state index is 6.13. The molecule has 0 bridgehead atoms. The lowest BCUT2D eigenvalue weighted by Gasteiger charge is -2.27. The van der Waals surface area contributed by atoms with Crippen molar-refractivity contribution in [1.29, 1.82) is 0 Å². The first-order valence-corrected chi connectivity index (χ1v) is 10.5. The summed E-state index contributed by atoms with van der Waals surface area (Å²) >= 11 is 1.78. The summed E-state index contributed by atoms with van der Waals surface area (Å²) in [5, 5.41) is 4.71.